The summed E-state index contributed by atoms with van der Waals surface area (Å²) in [7, 11) is 0. The van der Waals surface area contributed by atoms with Crippen LogP contribution in [0.5, 0.6) is 0 Å². The summed E-state index contributed by atoms with van der Waals surface area (Å²) in [5.74, 6) is 3.45. The number of allylic oxidation sites excluding steroid dienone is 4. The second-order valence-electron chi connectivity index (χ2n) is 3.92. The normalized spacial score (nSPS) is 57.4. The molecule has 0 heterocycles. The van der Waals surface area contributed by atoms with E-state index in [1.807, 2.05) is 0 Å². The number of fused-ring (bicyclic) bond motifs is 5. The van der Waals surface area contributed by atoms with Crippen LogP contribution in [0, 0.1) is 23.7 Å². The summed E-state index contributed by atoms with van der Waals surface area (Å²) in [5, 5.41) is 0. The van der Waals surface area contributed by atoms with Crippen molar-refractivity contribution in [2.75, 3.05) is 0 Å². The third-order valence-corrected chi connectivity index (χ3v) is 4.09. The van der Waals surface area contributed by atoms with Crippen molar-refractivity contribution in [1.29, 1.82) is 0 Å². The molecule has 5 atom stereocenters. The third kappa shape index (κ3) is 0.711. The molecule has 0 aromatic rings. The van der Waals surface area contributed by atoms with E-state index in [0.717, 1.165) is 23.7 Å². The van der Waals surface area contributed by atoms with E-state index in [1.165, 1.54) is 6.42 Å². The molecule has 5 unspecified atom stereocenters. The van der Waals surface area contributed by atoms with E-state index in [9.17, 15) is 0 Å². The van der Waals surface area contributed by atoms with Gasteiger partial charge in [0.05, 0.1) is 0 Å². The Morgan fingerprint density at radius 3 is 2.64 bits per heavy atom. The van der Waals surface area contributed by atoms with Crippen LogP contribution in [0.2, 0.25) is 4.82 Å². The molecule has 3 aliphatic carbocycles. The van der Waals surface area contributed by atoms with E-state index >= 15 is 0 Å². The molecule has 0 aliphatic heterocycles. The van der Waals surface area contributed by atoms with Gasteiger partial charge in [0.1, 0.15) is 0 Å². The Morgan fingerprint density at radius 2 is 1.82 bits per heavy atom. The molecule has 11 heavy (non-hydrogen) atoms. The van der Waals surface area contributed by atoms with Crippen molar-refractivity contribution in [3.05, 3.63) is 24.3 Å². The number of hydrogen-bond donors (Lipinski definition) is 0. The zero-order chi connectivity index (χ0) is 7.42. The van der Waals surface area contributed by atoms with E-state index in [4.69, 9.17) is 0 Å². The van der Waals surface area contributed by atoms with Gasteiger partial charge in [0.2, 0.25) is 0 Å². The van der Waals surface area contributed by atoms with E-state index in [0.29, 0.717) is 4.82 Å². The first kappa shape index (κ1) is 6.51. The van der Waals surface area contributed by atoms with Crippen molar-refractivity contribution < 1.29 is 16.0 Å². The topological polar surface area (TPSA) is 0 Å². The van der Waals surface area contributed by atoms with Crippen LogP contribution < -0.4 is 0 Å². The summed E-state index contributed by atoms with van der Waals surface area (Å²) in [5.41, 5.74) is 0. The second kappa shape index (κ2) is 2.02. The van der Waals surface area contributed by atoms with Crippen LogP contribution in [0.4, 0.5) is 0 Å². The van der Waals surface area contributed by atoms with Crippen LogP contribution in [0.1, 0.15) is 6.42 Å². The zero-order valence-corrected chi connectivity index (χ0v) is 7.36. The van der Waals surface area contributed by atoms with Gasteiger partial charge < -0.3 is 0 Å². The predicted octanol–water partition coefficient (Wildman–Crippen LogP) is 2.33. The second-order valence-corrected chi connectivity index (χ2v) is 4.65. The molecule has 0 aromatic heterocycles. The molecule has 0 amide bonds. The van der Waals surface area contributed by atoms with Gasteiger partial charge in [0, 0.05) is 0 Å². The Balaban J connectivity index is 2.02. The van der Waals surface area contributed by atoms with Gasteiger partial charge in [-0.1, -0.05) is 0 Å². The summed E-state index contributed by atoms with van der Waals surface area (Å²) in [4.78, 5) is 0.597. The average Bonchev–Trinajstić information content (AvgIpc) is 2.60. The molecule has 1 saturated carbocycles. The molecule has 0 spiro atoms. The Bertz CT molecular complexity index is 241. The van der Waals surface area contributed by atoms with Crippen LogP contribution in [0.3, 0.4) is 0 Å². The van der Waals surface area contributed by atoms with Gasteiger partial charge in [-0.3, -0.25) is 0 Å². The molecule has 0 aromatic carbocycles. The van der Waals surface area contributed by atoms with E-state index in [-0.39, 0.29) is 0 Å². The minimum absolute atomic E-state index is 0.597. The van der Waals surface area contributed by atoms with Crippen molar-refractivity contribution in [3.8, 4) is 0 Å². The first-order chi connectivity index (χ1) is 5.36. The summed E-state index contributed by atoms with van der Waals surface area (Å²) in [6, 6.07) is 0. The van der Waals surface area contributed by atoms with Gasteiger partial charge in [0.15, 0.2) is 0 Å². The van der Waals surface area contributed by atoms with Gasteiger partial charge in [-0.25, -0.2) is 0 Å². The zero-order valence-electron chi connectivity index (χ0n) is 6.26. The predicted molar refractivity (Wildman–Crippen MR) is 40.6 cm³/mol. The molecule has 0 radical (unpaired) electrons. The van der Waals surface area contributed by atoms with Gasteiger partial charge in [-0.15, -0.1) is 0 Å². The monoisotopic (exact) mass is 187 g/mol. The van der Waals surface area contributed by atoms with Crippen molar-refractivity contribution in [2.24, 2.45) is 23.7 Å². The Labute approximate surface area is 75.6 Å². The summed E-state index contributed by atoms with van der Waals surface area (Å²) >= 11 is 4.18. The molecule has 59 valence electrons. The van der Waals surface area contributed by atoms with Crippen LogP contribution in [0.15, 0.2) is 24.3 Å². The van der Waals surface area contributed by atoms with Crippen LogP contribution in [-0.2, 0) is 16.0 Å². The molecular formula is C10H11Fe. The fourth-order valence-corrected chi connectivity index (χ4v) is 3.61. The maximum atomic E-state index is 4.18. The number of hydrogen-bond acceptors (Lipinski definition) is 0. The number of rotatable bonds is 0. The molecular weight excluding hydrogens is 176 g/mol. The molecule has 0 N–H and O–H groups in total. The standard InChI is InChI=1S/C10H11.Fe/c1-2-9-7-4-5-8(6-7)10(9)3-1;/h1-5,7-10H,6H2;. The van der Waals surface area contributed by atoms with Gasteiger partial charge in [-0.05, 0) is 0 Å². The third-order valence-electron chi connectivity index (χ3n) is 3.45. The first-order valence-electron chi connectivity index (χ1n) is 4.35. The summed E-state index contributed by atoms with van der Waals surface area (Å²) < 4.78 is 0. The molecule has 2 bridgehead atoms. The molecule has 1 fully saturated rings. The van der Waals surface area contributed by atoms with E-state index in [1.54, 1.807) is 0 Å². The van der Waals surface area contributed by atoms with Gasteiger partial charge in [0.25, 0.3) is 0 Å². The quantitative estimate of drug-likeness (QED) is 0.403. The van der Waals surface area contributed by atoms with Crippen molar-refractivity contribution in [2.45, 2.75) is 11.2 Å². The summed E-state index contributed by atoms with van der Waals surface area (Å²) in [6.07, 6.45) is 10.9. The SMILES string of the molecule is [Fe][CH]1C=CC2C3C=CC(C3)C12. The van der Waals surface area contributed by atoms with E-state index in [2.05, 4.69) is 40.3 Å². The first-order valence-corrected chi connectivity index (χ1v) is 4.99. The fraction of sp³-hybridized carbons (Fsp3) is 0.600. The van der Waals surface area contributed by atoms with Crippen LogP contribution in [0.25, 0.3) is 0 Å². The molecule has 0 nitrogen and oxygen atoms in total. The van der Waals surface area contributed by atoms with Crippen molar-refractivity contribution >= 4 is 0 Å². The van der Waals surface area contributed by atoms with Crippen LogP contribution >= 0.6 is 0 Å². The van der Waals surface area contributed by atoms with Crippen molar-refractivity contribution in [1.82, 2.24) is 0 Å². The van der Waals surface area contributed by atoms with Crippen molar-refractivity contribution in [3.63, 3.8) is 0 Å². The molecule has 0 saturated heterocycles. The Hall–Kier alpha value is -0.000519. The average molecular weight is 187 g/mol. The molecule has 3 rings (SSSR count). The van der Waals surface area contributed by atoms with Crippen LogP contribution in [-0.4, -0.2) is 0 Å². The minimum atomic E-state index is 0.597. The summed E-state index contributed by atoms with van der Waals surface area (Å²) in [6.45, 7) is 0. The van der Waals surface area contributed by atoms with Gasteiger partial charge >= 0.3 is 75.2 Å². The van der Waals surface area contributed by atoms with E-state index < -0.39 is 0 Å². The Kier molecular flexibility index (Phi) is 1.20. The molecule has 1 heteroatoms. The maximum absolute atomic E-state index is 4.18. The van der Waals surface area contributed by atoms with Gasteiger partial charge in [-0.2, -0.15) is 0 Å². The molecule has 3 aliphatic rings. The Morgan fingerprint density at radius 1 is 1.00 bits per heavy atom. The fourth-order valence-electron chi connectivity index (χ4n) is 2.97.